The molecule has 1 fully saturated rings. The zero-order chi connectivity index (χ0) is 8.10. The minimum atomic E-state index is -0.147. The first-order valence-electron chi connectivity index (χ1n) is 3.84. The van der Waals surface area contributed by atoms with Gasteiger partial charge in [-0.3, -0.25) is 4.79 Å². The van der Waals surface area contributed by atoms with Crippen LogP contribution in [0.3, 0.4) is 0 Å². The normalized spacial score (nSPS) is 20.8. The molecule has 2 N–H and O–H groups in total. The Bertz CT molecular complexity index is 140. The van der Waals surface area contributed by atoms with Gasteiger partial charge in [-0.15, -0.1) is 24.8 Å². The maximum Gasteiger partial charge on any atom is 0.307 e. The van der Waals surface area contributed by atoms with Crippen molar-refractivity contribution in [3.63, 3.8) is 0 Å². The third-order valence-corrected chi connectivity index (χ3v) is 1.77. The Morgan fingerprint density at radius 2 is 2.15 bits per heavy atom. The number of methoxy groups -OCH3 is 1. The topological polar surface area (TPSA) is 50.4 Å². The number of ether oxygens (including phenoxy) is 1. The fourth-order valence-electron chi connectivity index (χ4n) is 1.14. The van der Waals surface area contributed by atoms with Crippen LogP contribution in [0.2, 0.25) is 0 Å². The van der Waals surface area contributed by atoms with Crippen molar-refractivity contribution in [1.29, 1.82) is 0 Å². The van der Waals surface area contributed by atoms with Crippen molar-refractivity contribution in [1.82, 2.24) is 10.6 Å². The average Bonchev–Trinajstić information content (AvgIpc) is 2.06. The first-order chi connectivity index (χ1) is 5.33. The Hall–Kier alpha value is -0.0300. The van der Waals surface area contributed by atoms with E-state index in [1.165, 1.54) is 7.11 Å². The number of carbonyl (C=O) groups excluding carboxylic acids is 1. The van der Waals surface area contributed by atoms with Crippen LogP contribution >= 0.6 is 24.8 Å². The average molecular weight is 231 g/mol. The molecule has 1 rings (SSSR count). The molecule has 0 amide bonds. The van der Waals surface area contributed by atoms with Crippen LogP contribution in [0.25, 0.3) is 0 Å². The zero-order valence-corrected chi connectivity index (χ0v) is 9.17. The van der Waals surface area contributed by atoms with E-state index in [2.05, 4.69) is 15.4 Å². The van der Waals surface area contributed by atoms with Gasteiger partial charge in [-0.2, -0.15) is 0 Å². The van der Waals surface area contributed by atoms with Crippen LogP contribution in [0.4, 0.5) is 0 Å². The lowest BCUT2D eigenvalue weighted by Gasteiger charge is -2.23. The van der Waals surface area contributed by atoms with Gasteiger partial charge in [0.2, 0.25) is 0 Å². The molecule has 6 heteroatoms. The molecule has 0 aromatic heterocycles. The standard InChI is InChI=1S/C7H14N2O2.2ClH/c1-11-7(10)4-6-5-8-2-3-9-6;;/h6,8-9H,2-5H2,1H3;2*1H/t6-;;/m1../s1. The van der Waals surface area contributed by atoms with Crippen LogP contribution in [0.5, 0.6) is 0 Å². The number of carbonyl (C=O) groups is 1. The molecule has 13 heavy (non-hydrogen) atoms. The fraction of sp³-hybridized carbons (Fsp3) is 0.857. The second-order valence-electron chi connectivity index (χ2n) is 2.64. The highest BCUT2D eigenvalue weighted by atomic mass is 35.5. The number of nitrogens with one attached hydrogen (secondary N) is 2. The third-order valence-electron chi connectivity index (χ3n) is 1.77. The van der Waals surface area contributed by atoms with Crippen molar-refractivity contribution in [2.45, 2.75) is 12.5 Å². The minimum Gasteiger partial charge on any atom is -0.469 e. The number of halogens is 2. The lowest BCUT2D eigenvalue weighted by molar-refractivity contribution is -0.141. The van der Waals surface area contributed by atoms with Gasteiger partial charge in [-0.1, -0.05) is 0 Å². The van der Waals surface area contributed by atoms with Gasteiger partial charge < -0.3 is 15.4 Å². The highest BCUT2D eigenvalue weighted by Gasteiger charge is 2.15. The quantitative estimate of drug-likeness (QED) is 0.654. The number of hydrogen-bond donors (Lipinski definition) is 2. The summed E-state index contributed by atoms with van der Waals surface area (Å²) in [6.45, 7) is 2.77. The second-order valence-corrected chi connectivity index (χ2v) is 2.64. The van der Waals surface area contributed by atoms with E-state index < -0.39 is 0 Å². The summed E-state index contributed by atoms with van der Waals surface area (Å²) in [7, 11) is 1.42. The van der Waals surface area contributed by atoms with Crippen LogP contribution in [-0.4, -0.2) is 38.8 Å². The molecule has 0 saturated carbocycles. The summed E-state index contributed by atoms with van der Waals surface area (Å²) < 4.78 is 4.55. The molecule has 0 aliphatic carbocycles. The molecule has 0 unspecified atom stereocenters. The van der Waals surface area contributed by atoms with Gasteiger partial charge >= 0.3 is 5.97 Å². The molecule has 0 aromatic rings. The maximum atomic E-state index is 10.8. The van der Waals surface area contributed by atoms with Crippen molar-refractivity contribution < 1.29 is 9.53 Å². The molecule has 0 radical (unpaired) electrons. The molecule has 0 spiro atoms. The van der Waals surface area contributed by atoms with Crippen molar-refractivity contribution in [2.75, 3.05) is 26.7 Å². The van der Waals surface area contributed by atoms with E-state index >= 15 is 0 Å². The SMILES string of the molecule is COC(=O)C[C@@H]1CNCCN1.Cl.Cl. The minimum absolute atomic E-state index is 0. The smallest absolute Gasteiger partial charge is 0.307 e. The number of rotatable bonds is 2. The summed E-state index contributed by atoms with van der Waals surface area (Å²) in [4.78, 5) is 10.8. The molecule has 1 atom stereocenters. The van der Waals surface area contributed by atoms with E-state index in [-0.39, 0.29) is 36.8 Å². The van der Waals surface area contributed by atoms with Crippen LogP contribution < -0.4 is 10.6 Å². The first-order valence-corrected chi connectivity index (χ1v) is 3.84. The summed E-state index contributed by atoms with van der Waals surface area (Å²) >= 11 is 0. The van der Waals surface area contributed by atoms with Crippen LogP contribution in [0.15, 0.2) is 0 Å². The first kappa shape index (κ1) is 15.4. The second kappa shape index (κ2) is 8.56. The van der Waals surface area contributed by atoms with Gasteiger partial charge in [0.1, 0.15) is 0 Å². The lowest BCUT2D eigenvalue weighted by Crippen LogP contribution is -2.49. The molecular weight excluding hydrogens is 215 g/mol. The predicted molar refractivity (Wildman–Crippen MR) is 55.8 cm³/mol. The molecule has 1 aliphatic heterocycles. The molecule has 0 aromatic carbocycles. The maximum absolute atomic E-state index is 10.8. The fourth-order valence-corrected chi connectivity index (χ4v) is 1.14. The van der Waals surface area contributed by atoms with E-state index in [0.29, 0.717) is 6.42 Å². The van der Waals surface area contributed by atoms with Crippen molar-refractivity contribution in [3.8, 4) is 0 Å². The largest absolute Gasteiger partial charge is 0.469 e. The number of piperazine rings is 1. The molecule has 1 saturated heterocycles. The Kier molecular flexibility index (Phi) is 10.2. The summed E-state index contributed by atoms with van der Waals surface area (Å²) in [5, 5.41) is 6.41. The van der Waals surface area contributed by atoms with Gasteiger partial charge in [-0.25, -0.2) is 0 Å². The van der Waals surface area contributed by atoms with E-state index in [4.69, 9.17) is 0 Å². The van der Waals surface area contributed by atoms with Crippen molar-refractivity contribution in [2.24, 2.45) is 0 Å². The van der Waals surface area contributed by atoms with Gasteiger partial charge in [0.15, 0.2) is 0 Å². The molecule has 80 valence electrons. The van der Waals surface area contributed by atoms with E-state index in [9.17, 15) is 4.79 Å². The zero-order valence-electron chi connectivity index (χ0n) is 7.54. The Labute approximate surface area is 90.6 Å². The van der Waals surface area contributed by atoms with Gasteiger partial charge in [0.25, 0.3) is 0 Å². The molecule has 4 nitrogen and oxygen atoms in total. The molecule has 1 aliphatic rings. The Morgan fingerprint density at radius 1 is 1.46 bits per heavy atom. The Morgan fingerprint density at radius 3 is 2.62 bits per heavy atom. The Balaban J connectivity index is 0. The highest BCUT2D eigenvalue weighted by Crippen LogP contribution is 1.95. The summed E-state index contributed by atoms with van der Waals surface area (Å²) in [6.07, 6.45) is 0.462. The van der Waals surface area contributed by atoms with E-state index in [1.807, 2.05) is 0 Å². The summed E-state index contributed by atoms with van der Waals surface area (Å²) in [5.41, 5.74) is 0. The van der Waals surface area contributed by atoms with E-state index in [1.54, 1.807) is 0 Å². The number of esters is 1. The lowest BCUT2D eigenvalue weighted by atomic mass is 10.2. The molecular formula is C7H16Cl2N2O2. The van der Waals surface area contributed by atoms with Crippen LogP contribution in [0, 0.1) is 0 Å². The summed E-state index contributed by atoms with van der Waals surface area (Å²) in [5.74, 6) is -0.147. The monoisotopic (exact) mass is 230 g/mol. The van der Waals surface area contributed by atoms with Crippen molar-refractivity contribution in [3.05, 3.63) is 0 Å². The molecule has 1 heterocycles. The third kappa shape index (κ3) is 6.10. The van der Waals surface area contributed by atoms with Crippen LogP contribution in [0.1, 0.15) is 6.42 Å². The highest BCUT2D eigenvalue weighted by molar-refractivity contribution is 5.85. The van der Waals surface area contributed by atoms with Gasteiger partial charge in [-0.05, 0) is 0 Å². The predicted octanol–water partition coefficient (Wildman–Crippen LogP) is -0.0455. The number of hydrogen-bond acceptors (Lipinski definition) is 4. The van der Waals surface area contributed by atoms with Gasteiger partial charge in [0.05, 0.1) is 13.5 Å². The molecule has 0 bridgehead atoms. The van der Waals surface area contributed by atoms with Crippen molar-refractivity contribution >= 4 is 30.8 Å². The summed E-state index contributed by atoms with van der Waals surface area (Å²) in [6, 6.07) is 0.246. The van der Waals surface area contributed by atoms with Crippen LogP contribution in [-0.2, 0) is 9.53 Å². The van der Waals surface area contributed by atoms with E-state index in [0.717, 1.165) is 19.6 Å². The van der Waals surface area contributed by atoms with Gasteiger partial charge in [0, 0.05) is 25.7 Å².